The molecule has 7 heteroatoms. The van der Waals surface area contributed by atoms with E-state index in [1.165, 1.54) is 0 Å². The lowest BCUT2D eigenvalue weighted by Crippen LogP contribution is -2.47. The molecule has 7 nitrogen and oxygen atoms in total. The Hall–Kier alpha value is -3.09. The van der Waals surface area contributed by atoms with E-state index < -0.39 is 11.9 Å². The van der Waals surface area contributed by atoms with Gasteiger partial charge in [-0.2, -0.15) is 0 Å². The molecule has 0 aliphatic carbocycles. The number of carboxylic acids is 1. The van der Waals surface area contributed by atoms with Crippen LogP contribution < -0.4 is 10.1 Å². The Labute approximate surface area is 151 Å². The maximum Gasteiger partial charge on any atom is 0.321 e. The van der Waals surface area contributed by atoms with Gasteiger partial charge in [-0.05, 0) is 30.5 Å². The van der Waals surface area contributed by atoms with Gasteiger partial charge in [0.05, 0.1) is 5.92 Å². The van der Waals surface area contributed by atoms with Gasteiger partial charge in [-0.3, -0.25) is 4.79 Å². The molecule has 1 fully saturated rings. The molecule has 2 aromatic rings. The molecule has 2 N–H and O–H groups in total. The summed E-state index contributed by atoms with van der Waals surface area (Å²) in [6, 6.07) is 12.1. The average Bonchev–Trinajstić information content (AvgIpc) is 2.62. The first-order chi connectivity index (χ1) is 12.5. The van der Waals surface area contributed by atoms with E-state index in [9.17, 15) is 14.7 Å². The number of anilines is 1. The van der Waals surface area contributed by atoms with Crippen LogP contribution in [0.25, 0.3) is 0 Å². The number of hydrogen-bond acceptors (Lipinski definition) is 4. The second-order valence-electron chi connectivity index (χ2n) is 6.51. The molecular formula is C19H21N3O4. The van der Waals surface area contributed by atoms with Gasteiger partial charge < -0.3 is 20.1 Å². The minimum atomic E-state index is -0.861. The lowest BCUT2D eigenvalue weighted by molar-refractivity contribution is -0.143. The molecular weight excluding hydrogens is 334 g/mol. The summed E-state index contributed by atoms with van der Waals surface area (Å²) in [7, 11) is 0. The Morgan fingerprint density at radius 1 is 1.23 bits per heavy atom. The van der Waals surface area contributed by atoms with Gasteiger partial charge in [-0.15, -0.1) is 0 Å². The summed E-state index contributed by atoms with van der Waals surface area (Å²) in [6.07, 6.45) is 2.23. The number of pyridine rings is 1. The monoisotopic (exact) mass is 355 g/mol. The molecule has 0 bridgehead atoms. The van der Waals surface area contributed by atoms with Crippen molar-refractivity contribution in [3.05, 3.63) is 48.7 Å². The maximum atomic E-state index is 12.5. The maximum absolute atomic E-state index is 12.5. The van der Waals surface area contributed by atoms with Crippen molar-refractivity contribution in [1.29, 1.82) is 0 Å². The minimum Gasteiger partial charge on any atom is -0.481 e. The first-order valence-electron chi connectivity index (χ1n) is 8.49. The van der Waals surface area contributed by atoms with Crippen LogP contribution in [0.2, 0.25) is 0 Å². The highest BCUT2D eigenvalue weighted by molar-refractivity contribution is 5.90. The quantitative estimate of drug-likeness (QED) is 0.876. The van der Waals surface area contributed by atoms with Crippen molar-refractivity contribution in [3.63, 3.8) is 0 Å². The van der Waals surface area contributed by atoms with Gasteiger partial charge in [0, 0.05) is 37.1 Å². The predicted molar refractivity (Wildman–Crippen MR) is 96.3 cm³/mol. The summed E-state index contributed by atoms with van der Waals surface area (Å²) in [5, 5.41) is 12.1. The number of nitrogens with one attached hydrogen (secondary N) is 1. The molecule has 136 valence electrons. The molecule has 2 amide bonds. The summed E-state index contributed by atoms with van der Waals surface area (Å²) in [5.41, 5.74) is 0.577. The minimum absolute atomic E-state index is 0.148. The third-order valence-electron chi connectivity index (χ3n) is 4.24. The fourth-order valence-corrected chi connectivity index (χ4v) is 3.06. The van der Waals surface area contributed by atoms with Crippen molar-refractivity contribution in [2.24, 2.45) is 11.8 Å². The topological polar surface area (TPSA) is 91.8 Å². The molecule has 2 atom stereocenters. The van der Waals surface area contributed by atoms with Gasteiger partial charge >= 0.3 is 12.0 Å². The van der Waals surface area contributed by atoms with E-state index in [-0.39, 0.29) is 18.5 Å². The van der Waals surface area contributed by atoms with Gasteiger partial charge in [0.2, 0.25) is 5.88 Å². The van der Waals surface area contributed by atoms with E-state index in [0.29, 0.717) is 30.3 Å². The number of likely N-dealkylation sites (tertiary alicyclic amines) is 1. The Balaban J connectivity index is 1.65. The second kappa shape index (κ2) is 7.86. The number of urea groups is 1. The number of aliphatic carboxylic acids is 1. The van der Waals surface area contributed by atoms with Crippen molar-refractivity contribution >= 4 is 17.7 Å². The molecule has 26 heavy (non-hydrogen) atoms. The molecule has 1 saturated heterocycles. The lowest BCUT2D eigenvalue weighted by Gasteiger charge is -2.34. The summed E-state index contributed by atoms with van der Waals surface area (Å²) in [5.74, 6) is -0.222. The van der Waals surface area contributed by atoms with Gasteiger partial charge in [0.15, 0.2) is 0 Å². The Kier molecular flexibility index (Phi) is 5.36. The van der Waals surface area contributed by atoms with Gasteiger partial charge in [0.25, 0.3) is 0 Å². The third kappa shape index (κ3) is 4.50. The van der Waals surface area contributed by atoms with Crippen molar-refractivity contribution < 1.29 is 19.4 Å². The van der Waals surface area contributed by atoms with E-state index in [4.69, 9.17) is 4.74 Å². The molecule has 3 rings (SSSR count). The number of carboxylic acid groups (broad SMARTS) is 1. The zero-order valence-corrected chi connectivity index (χ0v) is 14.5. The average molecular weight is 355 g/mol. The summed E-state index contributed by atoms with van der Waals surface area (Å²) in [4.78, 5) is 29.4. The standard InChI is InChI=1S/C19H21N3O4/c1-13-9-14(18(23)24)12-22(11-13)19(25)21-15-5-4-6-16(10-15)26-17-7-2-3-8-20-17/h2-8,10,13-14H,9,11-12H2,1H3,(H,21,25)(H,23,24). The number of carbonyl (C=O) groups is 2. The number of amides is 2. The van der Waals surface area contributed by atoms with Gasteiger partial charge in [-0.25, -0.2) is 9.78 Å². The second-order valence-corrected chi connectivity index (χ2v) is 6.51. The summed E-state index contributed by atoms with van der Waals surface area (Å²) >= 11 is 0. The van der Waals surface area contributed by atoms with Crippen LogP contribution in [0.4, 0.5) is 10.5 Å². The Morgan fingerprint density at radius 2 is 2.08 bits per heavy atom. The first-order valence-corrected chi connectivity index (χ1v) is 8.49. The van der Waals surface area contributed by atoms with E-state index in [2.05, 4.69) is 10.3 Å². The molecule has 0 radical (unpaired) electrons. The lowest BCUT2D eigenvalue weighted by atomic mass is 9.91. The smallest absolute Gasteiger partial charge is 0.321 e. The fraction of sp³-hybridized carbons (Fsp3) is 0.316. The highest BCUT2D eigenvalue weighted by atomic mass is 16.5. The normalized spacial score (nSPS) is 19.7. The highest BCUT2D eigenvalue weighted by Gasteiger charge is 2.31. The number of piperidine rings is 1. The summed E-state index contributed by atoms with van der Waals surface area (Å²) in [6.45, 7) is 2.71. The predicted octanol–water partition coefficient (Wildman–Crippen LogP) is 3.45. The number of benzene rings is 1. The molecule has 0 spiro atoms. The zero-order chi connectivity index (χ0) is 18.5. The first kappa shape index (κ1) is 17.7. The SMILES string of the molecule is CC1CC(C(=O)O)CN(C(=O)Nc2cccc(Oc3ccccn3)c2)C1. The molecule has 1 aliphatic heterocycles. The van der Waals surface area contributed by atoms with E-state index >= 15 is 0 Å². The molecule has 0 saturated carbocycles. The number of nitrogens with zero attached hydrogens (tertiary/aromatic N) is 2. The van der Waals surface area contributed by atoms with Crippen LogP contribution in [0.15, 0.2) is 48.7 Å². The van der Waals surface area contributed by atoms with Crippen molar-refractivity contribution in [2.45, 2.75) is 13.3 Å². The molecule has 1 aromatic carbocycles. The zero-order valence-electron chi connectivity index (χ0n) is 14.5. The number of ether oxygens (including phenoxy) is 1. The van der Waals surface area contributed by atoms with Crippen LogP contribution in [-0.4, -0.2) is 40.1 Å². The van der Waals surface area contributed by atoms with Crippen molar-refractivity contribution in [2.75, 3.05) is 18.4 Å². The largest absolute Gasteiger partial charge is 0.481 e. The van der Waals surface area contributed by atoms with Gasteiger partial charge in [0.1, 0.15) is 5.75 Å². The Morgan fingerprint density at radius 3 is 2.81 bits per heavy atom. The van der Waals surface area contributed by atoms with Crippen LogP contribution in [0.5, 0.6) is 11.6 Å². The number of rotatable bonds is 4. The molecule has 1 aliphatic rings. The van der Waals surface area contributed by atoms with Crippen LogP contribution >= 0.6 is 0 Å². The summed E-state index contributed by atoms with van der Waals surface area (Å²) < 4.78 is 5.66. The van der Waals surface area contributed by atoms with Crippen molar-refractivity contribution in [1.82, 2.24) is 9.88 Å². The third-order valence-corrected chi connectivity index (χ3v) is 4.24. The van der Waals surface area contributed by atoms with Crippen LogP contribution in [0.1, 0.15) is 13.3 Å². The number of carbonyl (C=O) groups excluding carboxylic acids is 1. The van der Waals surface area contributed by atoms with E-state index in [1.807, 2.05) is 13.0 Å². The molecule has 1 aromatic heterocycles. The highest BCUT2D eigenvalue weighted by Crippen LogP contribution is 2.25. The van der Waals surface area contributed by atoms with Crippen LogP contribution in [0.3, 0.4) is 0 Å². The van der Waals surface area contributed by atoms with Crippen molar-refractivity contribution in [3.8, 4) is 11.6 Å². The molecule has 2 heterocycles. The molecule has 2 unspecified atom stereocenters. The van der Waals surface area contributed by atoms with E-state index in [1.54, 1.807) is 47.5 Å². The van der Waals surface area contributed by atoms with Gasteiger partial charge in [-0.1, -0.05) is 19.1 Å². The number of hydrogen-bond donors (Lipinski definition) is 2. The van der Waals surface area contributed by atoms with E-state index in [0.717, 1.165) is 0 Å². The van der Waals surface area contributed by atoms with Crippen LogP contribution in [0, 0.1) is 11.8 Å². The fourth-order valence-electron chi connectivity index (χ4n) is 3.06. The van der Waals surface area contributed by atoms with Crippen LogP contribution in [-0.2, 0) is 4.79 Å². The number of aromatic nitrogens is 1. The Bertz CT molecular complexity index is 781.